The normalized spacial score (nSPS) is 17.2. The molecule has 3 heteroatoms. The Labute approximate surface area is 151 Å². The molecular formula is C21H43N2O+. The Hall–Kier alpha value is -0.570. The van der Waals surface area contributed by atoms with Crippen molar-refractivity contribution in [3.63, 3.8) is 0 Å². The Balaban J connectivity index is 1.92. The van der Waals surface area contributed by atoms with Crippen molar-refractivity contribution in [3.05, 3.63) is 0 Å². The largest absolute Gasteiger partial charge is 0.331 e. The van der Waals surface area contributed by atoms with Gasteiger partial charge in [-0.3, -0.25) is 4.79 Å². The summed E-state index contributed by atoms with van der Waals surface area (Å²) in [6, 6.07) is 0. The molecule has 1 aliphatic heterocycles. The fourth-order valence-corrected chi connectivity index (χ4v) is 3.61. The molecule has 0 aromatic rings. The van der Waals surface area contributed by atoms with Gasteiger partial charge in [-0.05, 0) is 13.3 Å². The number of unbranched alkanes of at least 4 members (excludes halogenated alkanes) is 10. The lowest BCUT2D eigenvalue weighted by Crippen LogP contribution is -2.58. The molecular weight excluding hydrogens is 296 g/mol. The van der Waals surface area contributed by atoms with Crippen LogP contribution < -0.4 is 0 Å². The number of carbonyl (C=O) groups is 1. The first-order valence-corrected chi connectivity index (χ1v) is 10.7. The summed E-state index contributed by atoms with van der Waals surface area (Å²) in [6.07, 6.45) is 15.6. The lowest BCUT2D eigenvalue weighted by atomic mass is 10.0. The summed E-state index contributed by atoms with van der Waals surface area (Å²) in [5.41, 5.74) is 0. The summed E-state index contributed by atoms with van der Waals surface area (Å²) in [4.78, 5) is 14.4. The highest BCUT2D eigenvalue weighted by atomic mass is 16.2. The molecule has 0 spiro atoms. The highest BCUT2D eigenvalue weighted by Crippen LogP contribution is 2.14. The number of likely N-dealkylation sites (N-methyl/N-ethyl adjacent to an activating group) is 1. The first-order chi connectivity index (χ1) is 11.6. The Morgan fingerprint density at radius 2 is 1.25 bits per heavy atom. The maximum atomic E-state index is 12.3. The van der Waals surface area contributed by atoms with Crippen LogP contribution in [0, 0.1) is 0 Å². The molecule has 0 unspecified atom stereocenters. The number of nitrogens with zero attached hydrogens (tertiary/aromatic N) is 2. The van der Waals surface area contributed by atoms with Gasteiger partial charge in [0.1, 0.15) is 0 Å². The number of quaternary nitrogens is 1. The van der Waals surface area contributed by atoms with E-state index in [9.17, 15) is 4.79 Å². The van der Waals surface area contributed by atoms with Crippen LogP contribution in [0.15, 0.2) is 0 Å². The molecule has 142 valence electrons. The summed E-state index contributed by atoms with van der Waals surface area (Å²) in [5, 5.41) is 0. The van der Waals surface area contributed by atoms with Crippen molar-refractivity contribution >= 4 is 5.91 Å². The van der Waals surface area contributed by atoms with E-state index in [0.717, 1.165) is 43.5 Å². The first-order valence-electron chi connectivity index (χ1n) is 10.7. The van der Waals surface area contributed by atoms with Crippen molar-refractivity contribution in [1.29, 1.82) is 0 Å². The smallest absolute Gasteiger partial charge is 0.222 e. The second-order valence-corrected chi connectivity index (χ2v) is 8.05. The monoisotopic (exact) mass is 339 g/mol. The molecule has 24 heavy (non-hydrogen) atoms. The third-order valence-electron chi connectivity index (χ3n) is 5.93. The van der Waals surface area contributed by atoms with Gasteiger partial charge in [0, 0.05) is 6.42 Å². The summed E-state index contributed by atoms with van der Waals surface area (Å²) < 4.78 is 1.13. The maximum absolute atomic E-state index is 12.3. The third-order valence-corrected chi connectivity index (χ3v) is 5.93. The van der Waals surface area contributed by atoms with Gasteiger partial charge in [0.15, 0.2) is 0 Å². The zero-order chi connectivity index (χ0) is 17.7. The summed E-state index contributed by atoms with van der Waals surface area (Å²) in [5.74, 6) is 0.397. The second kappa shape index (κ2) is 12.7. The molecule has 0 radical (unpaired) electrons. The van der Waals surface area contributed by atoms with E-state index in [-0.39, 0.29) is 0 Å². The van der Waals surface area contributed by atoms with E-state index < -0.39 is 0 Å². The van der Waals surface area contributed by atoms with Crippen LogP contribution in [0.2, 0.25) is 0 Å². The van der Waals surface area contributed by atoms with Gasteiger partial charge in [-0.15, -0.1) is 0 Å². The highest BCUT2D eigenvalue weighted by molar-refractivity contribution is 5.76. The minimum Gasteiger partial charge on any atom is -0.331 e. The molecule has 0 aliphatic carbocycles. The Kier molecular flexibility index (Phi) is 11.4. The van der Waals surface area contributed by atoms with E-state index >= 15 is 0 Å². The van der Waals surface area contributed by atoms with E-state index in [1.807, 2.05) is 0 Å². The molecule has 0 N–H and O–H groups in total. The van der Waals surface area contributed by atoms with Crippen LogP contribution in [0.5, 0.6) is 0 Å². The topological polar surface area (TPSA) is 20.3 Å². The molecule has 0 bridgehead atoms. The average molecular weight is 340 g/mol. The Bertz CT molecular complexity index is 322. The van der Waals surface area contributed by atoms with Gasteiger partial charge in [-0.25, -0.2) is 0 Å². The fraction of sp³-hybridized carbons (Fsp3) is 0.952. The molecule has 1 rings (SSSR count). The van der Waals surface area contributed by atoms with Crippen LogP contribution in [0.1, 0.15) is 90.9 Å². The number of hydrogen-bond acceptors (Lipinski definition) is 1. The molecule has 1 amide bonds. The minimum atomic E-state index is 0.397. The molecule has 0 saturated carbocycles. The van der Waals surface area contributed by atoms with Crippen molar-refractivity contribution < 1.29 is 9.28 Å². The van der Waals surface area contributed by atoms with Crippen molar-refractivity contribution in [2.45, 2.75) is 90.9 Å². The number of carbonyl (C=O) groups excluding carboxylic acids is 1. The lowest BCUT2D eigenvalue weighted by molar-refractivity contribution is -0.911. The zero-order valence-corrected chi connectivity index (χ0v) is 16.8. The highest BCUT2D eigenvalue weighted by Gasteiger charge is 2.28. The van der Waals surface area contributed by atoms with Gasteiger partial charge in [0.25, 0.3) is 0 Å². The van der Waals surface area contributed by atoms with Crippen LogP contribution in [0.25, 0.3) is 0 Å². The third kappa shape index (κ3) is 9.05. The van der Waals surface area contributed by atoms with E-state index in [1.165, 1.54) is 70.8 Å². The molecule has 1 saturated heterocycles. The molecule has 3 nitrogen and oxygen atoms in total. The first kappa shape index (κ1) is 21.5. The van der Waals surface area contributed by atoms with Crippen LogP contribution in [-0.2, 0) is 4.79 Å². The summed E-state index contributed by atoms with van der Waals surface area (Å²) in [7, 11) is 2.31. The molecule has 1 heterocycles. The van der Waals surface area contributed by atoms with E-state index in [0.29, 0.717) is 5.91 Å². The lowest BCUT2D eigenvalue weighted by Gasteiger charge is -2.41. The number of amides is 1. The quantitative estimate of drug-likeness (QED) is 0.342. The van der Waals surface area contributed by atoms with Gasteiger partial charge in [0.2, 0.25) is 5.91 Å². The van der Waals surface area contributed by atoms with Crippen LogP contribution in [-0.4, -0.2) is 55.1 Å². The van der Waals surface area contributed by atoms with Gasteiger partial charge < -0.3 is 9.38 Å². The SMILES string of the molecule is CCCCCCCCCCCCCC(=O)N1CC[N+](C)(CC)CC1. The predicted molar refractivity (Wildman–Crippen MR) is 104 cm³/mol. The van der Waals surface area contributed by atoms with E-state index in [1.54, 1.807) is 0 Å². The van der Waals surface area contributed by atoms with Gasteiger partial charge >= 0.3 is 0 Å². The van der Waals surface area contributed by atoms with Crippen LogP contribution >= 0.6 is 0 Å². The Morgan fingerprint density at radius 1 is 0.792 bits per heavy atom. The van der Waals surface area contributed by atoms with Crippen molar-refractivity contribution in [1.82, 2.24) is 4.90 Å². The summed E-state index contributed by atoms with van der Waals surface area (Å²) in [6.45, 7) is 9.88. The standard InChI is InChI=1S/C21H43N2O/c1-4-6-7-8-9-10-11-12-13-14-15-16-21(24)22-17-19-23(3,5-2)20-18-22/h4-20H2,1-3H3/q+1. The number of hydrogen-bond donors (Lipinski definition) is 0. The van der Waals surface area contributed by atoms with Gasteiger partial charge in [0.05, 0.1) is 39.8 Å². The Morgan fingerprint density at radius 3 is 1.71 bits per heavy atom. The van der Waals surface area contributed by atoms with E-state index in [2.05, 4.69) is 25.8 Å². The molecule has 0 aromatic carbocycles. The second-order valence-electron chi connectivity index (χ2n) is 8.05. The predicted octanol–water partition coefficient (Wildman–Crippen LogP) is 5.00. The fourth-order valence-electron chi connectivity index (χ4n) is 3.61. The van der Waals surface area contributed by atoms with Crippen molar-refractivity contribution in [2.24, 2.45) is 0 Å². The van der Waals surface area contributed by atoms with E-state index in [4.69, 9.17) is 0 Å². The van der Waals surface area contributed by atoms with Crippen molar-refractivity contribution in [3.8, 4) is 0 Å². The van der Waals surface area contributed by atoms with Crippen LogP contribution in [0.4, 0.5) is 0 Å². The van der Waals surface area contributed by atoms with Crippen LogP contribution in [0.3, 0.4) is 0 Å². The van der Waals surface area contributed by atoms with Gasteiger partial charge in [-0.2, -0.15) is 0 Å². The van der Waals surface area contributed by atoms with Gasteiger partial charge in [-0.1, -0.05) is 71.1 Å². The minimum absolute atomic E-state index is 0.397. The molecule has 0 atom stereocenters. The number of rotatable bonds is 13. The number of piperazine rings is 1. The average Bonchev–Trinajstić information content (AvgIpc) is 2.60. The molecule has 0 aromatic heterocycles. The molecule has 1 aliphatic rings. The maximum Gasteiger partial charge on any atom is 0.222 e. The zero-order valence-electron chi connectivity index (χ0n) is 16.8. The summed E-state index contributed by atoms with van der Waals surface area (Å²) >= 11 is 0. The van der Waals surface area contributed by atoms with Crippen molar-refractivity contribution in [2.75, 3.05) is 39.8 Å². The molecule has 1 fully saturated rings.